The first kappa shape index (κ1) is 14.5. The van der Waals surface area contributed by atoms with Crippen molar-refractivity contribution in [2.24, 2.45) is 5.92 Å². The van der Waals surface area contributed by atoms with Crippen molar-refractivity contribution in [3.05, 3.63) is 35.4 Å². The minimum absolute atomic E-state index is 0.0321. The first-order valence-electron chi connectivity index (χ1n) is 6.01. The molecule has 2 atom stereocenters. The molecule has 6 nitrogen and oxygen atoms in total. The van der Waals surface area contributed by atoms with Gasteiger partial charge in [-0.05, 0) is 17.7 Å². The Morgan fingerprint density at radius 1 is 1.45 bits per heavy atom. The fourth-order valence-corrected chi connectivity index (χ4v) is 3.33. The Morgan fingerprint density at radius 3 is 2.70 bits per heavy atom. The second kappa shape index (κ2) is 5.23. The van der Waals surface area contributed by atoms with E-state index in [1.165, 1.54) is 4.31 Å². The van der Waals surface area contributed by atoms with E-state index in [1.54, 1.807) is 24.3 Å². The second-order valence-corrected chi connectivity index (χ2v) is 6.85. The molecule has 1 saturated heterocycles. The minimum atomic E-state index is -3.42. The highest BCUT2D eigenvalue weighted by Gasteiger charge is 2.41. The van der Waals surface area contributed by atoms with Gasteiger partial charge in [-0.15, -0.1) is 0 Å². The molecule has 20 heavy (non-hydrogen) atoms. The van der Waals surface area contributed by atoms with Gasteiger partial charge in [-0.2, -0.15) is 5.26 Å². The van der Waals surface area contributed by atoms with Gasteiger partial charge in [0.05, 0.1) is 23.8 Å². The molecule has 1 aromatic rings. The Morgan fingerprint density at radius 2 is 2.15 bits per heavy atom. The molecule has 0 unspecified atom stereocenters. The van der Waals surface area contributed by atoms with Crippen LogP contribution in [0.4, 0.5) is 0 Å². The highest BCUT2D eigenvalue weighted by Crippen LogP contribution is 2.34. The normalized spacial score (nSPS) is 23.4. The lowest BCUT2D eigenvalue weighted by atomic mass is 9.88. The molecule has 1 aliphatic heterocycles. The van der Waals surface area contributed by atoms with Gasteiger partial charge >= 0.3 is 5.97 Å². The number of aliphatic carboxylic acids is 1. The van der Waals surface area contributed by atoms with Crippen LogP contribution < -0.4 is 0 Å². The van der Waals surface area contributed by atoms with Crippen LogP contribution in [-0.2, 0) is 14.8 Å². The van der Waals surface area contributed by atoms with E-state index in [-0.39, 0.29) is 13.1 Å². The van der Waals surface area contributed by atoms with Gasteiger partial charge in [0.2, 0.25) is 10.0 Å². The van der Waals surface area contributed by atoms with Crippen molar-refractivity contribution in [3.63, 3.8) is 0 Å². The summed E-state index contributed by atoms with van der Waals surface area (Å²) >= 11 is 0. The predicted octanol–water partition coefficient (Wildman–Crippen LogP) is 0.618. The molecule has 0 amide bonds. The summed E-state index contributed by atoms with van der Waals surface area (Å²) in [6.07, 6.45) is 1.07. The average molecular weight is 294 g/mol. The van der Waals surface area contributed by atoms with Crippen LogP contribution >= 0.6 is 0 Å². The zero-order valence-electron chi connectivity index (χ0n) is 10.9. The molecule has 1 fully saturated rings. The molecule has 1 N–H and O–H groups in total. The number of carbonyl (C=O) groups is 1. The van der Waals surface area contributed by atoms with Gasteiger partial charge in [-0.3, -0.25) is 4.79 Å². The number of nitrogens with zero attached hydrogens (tertiary/aromatic N) is 2. The van der Waals surface area contributed by atoms with Gasteiger partial charge in [-0.25, -0.2) is 12.7 Å². The highest BCUT2D eigenvalue weighted by molar-refractivity contribution is 7.88. The molecule has 7 heteroatoms. The van der Waals surface area contributed by atoms with Crippen molar-refractivity contribution in [3.8, 4) is 6.07 Å². The zero-order valence-corrected chi connectivity index (χ0v) is 11.7. The van der Waals surface area contributed by atoms with E-state index < -0.39 is 27.8 Å². The Hall–Kier alpha value is -1.91. The van der Waals surface area contributed by atoms with Crippen LogP contribution in [0.3, 0.4) is 0 Å². The van der Waals surface area contributed by atoms with Gasteiger partial charge in [0.1, 0.15) is 0 Å². The molecule has 0 saturated carbocycles. The van der Waals surface area contributed by atoms with Crippen molar-refractivity contribution < 1.29 is 18.3 Å². The van der Waals surface area contributed by atoms with Crippen molar-refractivity contribution >= 4 is 16.0 Å². The van der Waals surface area contributed by atoms with Crippen LogP contribution in [0.5, 0.6) is 0 Å². The molecular weight excluding hydrogens is 280 g/mol. The maximum atomic E-state index is 11.6. The summed E-state index contributed by atoms with van der Waals surface area (Å²) in [5.74, 6) is -2.25. The predicted molar refractivity (Wildman–Crippen MR) is 71.4 cm³/mol. The first-order valence-corrected chi connectivity index (χ1v) is 7.85. The smallest absolute Gasteiger partial charge is 0.308 e. The van der Waals surface area contributed by atoms with Crippen molar-refractivity contribution in [1.29, 1.82) is 5.26 Å². The third kappa shape index (κ3) is 2.81. The van der Waals surface area contributed by atoms with Crippen molar-refractivity contribution in [1.82, 2.24) is 4.31 Å². The summed E-state index contributed by atoms with van der Waals surface area (Å²) in [4.78, 5) is 11.3. The number of sulfonamides is 1. The molecule has 0 spiro atoms. The van der Waals surface area contributed by atoms with Crippen LogP contribution in [0.15, 0.2) is 24.3 Å². The summed E-state index contributed by atoms with van der Waals surface area (Å²) in [5, 5.41) is 18.2. The van der Waals surface area contributed by atoms with E-state index in [2.05, 4.69) is 0 Å². The third-order valence-corrected chi connectivity index (χ3v) is 4.75. The number of carboxylic acid groups (broad SMARTS) is 1. The fourth-order valence-electron chi connectivity index (χ4n) is 2.47. The molecule has 0 aliphatic carbocycles. The number of carboxylic acids is 1. The lowest BCUT2D eigenvalue weighted by Gasteiger charge is -2.15. The minimum Gasteiger partial charge on any atom is -0.481 e. The standard InChI is InChI=1S/C13H14N2O4S/c1-20(18,19)15-7-11(12(8-15)13(16)17)10-4-2-3-9(5-10)6-14/h2-5,11-12H,7-8H2,1H3,(H,16,17)/t11-,12+/m1/s1. The SMILES string of the molecule is CS(=O)(=O)N1C[C@H](C(=O)O)[C@@H](c2cccc(C#N)c2)C1. The van der Waals surface area contributed by atoms with Gasteiger partial charge in [0.25, 0.3) is 0 Å². The summed E-state index contributed by atoms with van der Waals surface area (Å²) in [6, 6.07) is 8.65. The lowest BCUT2D eigenvalue weighted by Crippen LogP contribution is -2.28. The molecule has 0 aromatic heterocycles. The van der Waals surface area contributed by atoms with Crippen LogP contribution in [0.1, 0.15) is 17.0 Å². The Kier molecular flexibility index (Phi) is 3.79. The zero-order chi connectivity index (χ0) is 14.9. The van der Waals surface area contributed by atoms with E-state index >= 15 is 0 Å². The molecule has 0 radical (unpaired) electrons. The Balaban J connectivity index is 2.38. The summed E-state index contributed by atoms with van der Waals surface area (Å²) in [7, 11) is -3.42. The molecule has 106 valence electrons. The molecule has 1 heterocycles. The highest BCUT2D eigenvalue weighted by atomic mass is 32.2. The third-order valence-electron chi connectivity index (χ3n) is 3.52. The first-order chi connectivity index (χ1) is 9.32. The topological polar surface area (TPSA) is 98.5 Å². The number of benzene rings is 1. The van der Waals surface area contributed by atoms with Crippen LogP contribution in [0, 0.1) is 17.2 Å². The van der Waals surface area contributed by atoms with Crippen LogP contribution in [0.25, 0.3) is 0 Å². The fraction of sp³-hybridized carbons (Fsp3) is 0.385. The number of hydrogen-bond donors (Lipinski definition) is 1. The van der Waals surface area contributed by atoms with E-state index in [0.29, 0.717) is 11.1 Å². The van der Waals surface area contributed by atoms with Crippen molar-refractivity contribution in [2.75, 3.05) is 19.3 Å². The number of nitriles is 1. The maximum Gasteiger partial charge on any atom is 0.308 e. The monoisotopic (exact) mass is 294 g/mol. The molecular formula is C13H14N2O4S. The molecule has 1 aliphatic rings. The summed E-state index contributed by atoms with van der Waals surface area (Å²) in [6.45, 7) is 0.0975. The number of rotatable bonds is 3. The lowest BCUT2D eigenvalue weighted by molar-refractivity contribution is -0.141. The van der Waals surface area contributed by atoms with E-state index in [4.69, 9.17) is 5.26 Å². The quantitative estimate of drug-likeness (QED) is 0.881. The van der Waals surface area contributed by atoms with Gasteiger partial charge < -0.3 is 5.11 Å². The van der Waals surface area contributed by atoms with E-state index in [9.17, 15) is 18.3 Å². The van der Waals surface area contributed by atoms with Crippen molar-refractivity contribution in [2.45, 2.75) is 5.92 Å². The van der Waals surface area contributed by atoms with Gasteiger partial charge in [0, 0.05) is 19.0 Å². The average Bonchev–Trinajstić information content (AvgIpc) is 2.84. The van der Waals surface area contributed by atoms with Crippen LogP contribution in [-0.4, -0.2) is 43.1 Å². The van der Waals surface area contributed by atoms with E-state index in [1.807, 2.05) is 6.07 Å². The molecule has 1 aromatic carbocycles. The summed E-state index contributed by atoms with van der Waals surface area (Å²) in [5.41, 5.74) is 1.12. The van der Waals surface area contributed by atoms with Gasteiger partial charge in [0.15, 0.2) is 0 Å². The Labute approximate surface area is 117 Å². The molecule has 2 rings (SSSR count). The second-order valence-electron chi connectivity index (χ2n) is 4.87. The maximum absolute atomic E-state index is 11.6. The number of hydrogen-bond acceptors (Lipinski definition) is 4. The van der Waals surface area contributed by atoms with E-state index in [0.717, 1.165) is 6.26 Å². The van der Waals surface area contributed by atoms with Crippen LogP contribution in [0.2, 0.25) is 0 Å². The Bertz CT molecular complexity index is 678. The molecule has 0 bridgehead atoms. The summed E-state index contributed by atoms with van der Waals surface area (Å²) < 4.78 is 24.3. The largest absolute Gasteiger partial charge is 0.481 e. The van der Waals surface area contributed by atoms with Gasteiger partial charge in [-0.1, -0.05) is 12.1 Å².